The molecular formula is C19H20ClF3IN3O4S. The van der Waals surface area contributed by atoms with Gasteiger partial charge in [-0.3, -0.25) is 4.72 Å². The average molecular weight is 606 g/mol. The molecule has 5 N–H and O–H groups in total. The lowest BCUT2D eigenvalue weighted by atomic mass is 10.1. The van der Waals surface area contributed by atoms with Gasteiger partial charge in [0.05, 0.1) is 35.0 Å². The minimum Gasteiger partial charge on any atom is -0.394 e. The molecule has 0 radical (unpaired) electrons. The molecule has 0 bridgehead atoms. The van der Waals surface area contributed by atoms with Crippen molar-refractivity contribution in [3.63, 3.8) is 0 Å². The first-order valence-electron chi connectivity index (χ1n) is 9.41. The van der Waals surface area contributed by atoms with Crippen molar-refractivity contribution in [3.05, 3.63) is 51.4 Å². The Morgan fingerprint density at radius 3 is 2.44 bits per heavy atom. The van der Waals surface area contributed by atoms with Crippen LogP contribution >= 0.6 is 34.2 Å². The third kappa shape index (κ3) is 5.97. The summed E-state index contributed by atoms with van der Waals surface area (Å²) in [4.78, 5) is 0. The lowest BCUT2D eigenvalue weighted by molar-refractivity contribution is 0.0839. The highest BCUT2D eigenvalue weighted by molar-refractivity contribution is 14.1. The van der Waals surface area contributed by atoms with Crippen LogP contribution in [0.15, 0.2) is 30.3 Å². The summed E-state index contributed by atoms with van der Waals surface area (Å²) in [6.45, 7) is -0.479. The second-order valence-electron chi connectivity index (χ2n) is 7.44. The average Bonchev–Trinajstić information content (AvgIpc) is 3.34. The molecule has 0 saturated heterocycles. The molecule has 0 heterocycles. The van der Waals surface area contributed by atoms with Crippen molar-refractivity contribution in [2.45, 2.75) is 36.3 Å². The number of halogens is 5. The molecule has 13 heteroatoms. The van der Waals surface area contributed by atoms with E-state index in [4.69, 9.17) is 16.7 Å². The Labute approximate surface area is 201 Å². The van der Waals surface area contributed by atoms with E-state index >= 15 is 0 Å². The molecule has 3 unspecified atom stereocenters. The van der Waals surface area contributed by atoms with Crippen LogP contribution in [0.5, 0.6) is 0 Å². The standard InChI is InChI=1S/C19H20ClF3IN3O4S/c20-16-8-19(16,6-5-11(29)9-28)27-32(30,31)26-15-4-2-12(21)17(23)18(15)25-14-3-1-10(24)7-13(14)22/h1-4,7,11,16,25-29H,5-6,8-9H2. The van der Waals surface area contributed by atoms with Gasteiger partial charge in [0, 0.05) is 3.57 Å². The zero-order valence-corrected chi connectivity index (χ0v) is 20.1. The number of benzene rings is 2. The molecule has 1 saturated carbocycles. The Balaban J connectivity index is 1.84. The van der Waals surface area contributed by atoms with Gasteiger partial charge in [0.1, 0.15) is 11.5 Å². The molecule has 1 aliphatic rings. The van der Waals surface area contributed by atoms with Gasteiger partial charge in [-0.1, -0.05) is 0 Å². The molecule has 7 nitrogen and oxygen atoms in total. The van der Waals surface area contributed by atoms with Crippen LogP contribution < -0.4 is 14.8 Å². The van der Waals surface area contributed by atoms with E-state index in [0.717, 1.165) is 12.1 Å². The van der Waals surface area contributed by atoms with Gasteiger partial charge in [0.25, 0.3) is 10.2 Å². The quantitative estimate of drug-likeness (QED) is 0.210. The molecule has 0 aliphatic heterocycles. The molecule has 176 valence electrons. The molecule has 0 amide bonds. The van der Waals surface area contributed by atoms with E-state index in [9.17, 15) is 26.7 Å². The first-order chi connectivity index (χ1) is 15.0. The second-order valence-corrected chi connectivity index (χ2v) is 10.6. The summed E-state index contributed by atoms with van der Waals surface area (Å²) in [5, 5.41) is 20.3. The van der Waals surface area contributed by atoms with E-state index in [2.05, 4.69) is 14.8 Å². The van der Waals surface area contributed by atoms with Crippen LogP contribution in [0.2, 0.25) is 0 Å². The number of aliphatic hydroxyl groups is 2. The fraction of sp³-hybridized carbons (Fsp3) is 0.368. The van der Waals surface area contributed by atoms with Crippen LogP contribution in [0.3, 0.4) is 0 Å². The number of anilines is 3. The van der Waals surface area contributed by atoms with Gasteiger partial charge in [-0.2, -0.15) is 13.1 Å². The van der Waals surface area contributed by atoms with Crippen molar-refractivity contribution >= 4 is 61.5 Å². The van der Waals surface area contributed by atoms with Gasteiger partial charge in [0.15, 0.2) is 11.6 Å². The normalized spacial score (nSPS) is 21.3. The highest BCUT2D eigenvalue weighted by Crippen LogP contribution is 2.46. The van der Waals surface area contributed by atoms with Crippen molar-refractivity contribution in [2.75, 3.05) is 16.6 Å². The van der Waals surface area contributed by atoms with E-state index in [1.165, 1.54) is 18.2 Å². The van der Waals surface area contributed by atoms with E-state index in [0.29, 0.717) is 3.57 Å². The first-order valence-corrected chi connectivity index (χ1v) is 12.4. The maximum Gasteiger partial charge on any atom is 0.299 e. The fourth-order valence-electron chi connectivity index (χ4n) is 3.11. The first kappa shape index (κ1) is 25.3. The predicted molar refractivity (Wildman–Crippen MR) is 124 cm³/mol. The number of hydrogen-bond donors (Lipinski definition) is 5. The third-order valence-corrected chi connectivity index (χ3v) is 7.39. The van der Waals surface area contributed by atoms with Gasteiger partial charge in [-0.15, -0.1) is 11.6 Å². The van der Waals surface area contributed by atoms with E-state index in [-0.39, 0.29) is 30.6 Å². The Morgan fingerprint density at radius 1 is 1.19 bits per heavy atom. The van der Waals surface area contributed by atoms with Gasteiger partial charge >= 0.3 is 0 Å². The smallest absolute Gasteiger partial charge is 0.299 e. The van der Waals surface area contributed by atoms with Crippen molar-refractivity contribution in [3.8, 4) is 0 Å². The van der Waals surface area contributed by atoms with Gasteiger partial charge in [-0.25, -0.2) is 13.2 Å². The highest BCUT2D eigenvalue weighted by Gasteiger charge is 2.55. The van der Waals surface area contributed by atoms with Gasteiger partial charge in [-0.05, 0) is 72.2 Å². The van der Waals surface area contributed by atoms with Crippen LogP contribution in [0.1, 0.15) is 19.3 Å². The predicted octanol–water partition coefficient (Wildman–Crippen LogP) is 3.58. The Morgan fingerprint density at radius 2 is 1.84 bits per heavy atom. The molecule has 2 aromatic carbocycles. The van der Waals surface area contributed by atoms with E-state index in [1.807, 2.05) is 22.6 Å². The van der Waals surface area contributed by atoms with Gasteiger partial charge < -0.3 is 15.5 Å². The topological polar surface area (TPSA) is 111 Å². The van der Waals surface area contributed by atoms with Crippen LogP contribution in [0.4, 0.5) is 30.2 Å². The summed E-state index contributed by atoms with van der Waals surface area (Å²) in [6.07, 6.45) is -0.489. The summed E-state index contributed by atoms with van der Waals surface area (Å²) in [5.41, 5.74) is -2.19. The van der Waals surface area contributed by atoms with E-state index in [1.54, 1.807) is 0 Å². The summed E-state index contributed by atoms with van der Waals surface area (Å²) in [5.74, 6) is -3.39. The lowest BCUT2D eigenvalue weighted by Gasteiger charge is -2.21. The van der Waals surface area contributed by atoms with Crippen molar-refractivity contribution in [2.24, 2.45) is 0 Å². The summed E-state index contributed by atoms with van der Waals surface area (Å²) in [7, 11) is -4.33. The number of alkyl halides is 1. The molecule has 1 aliphatic carbocycles. The fourth-order valence-corrected chi connectivity index (χ4v) is 5.44. The monoisotopic (exact) mass is 605 g/mol. The Kier molecular flexibility index (Phi) is 7.82. The zero-order chi connectivity index (χ0) is 23.7. The molecule has 1 fully saturated rings. The minimum absolute atomic E-state index is 0.103. The summed E-state index contributed by atoms with van der Waals surface area (Å²) >= 11 is 7.98. The molecule has 32 heavy (non-hydrogen) atoms. The summed E-state index contributed by atoms with van der Waals surface area (Å²) < 4.78 is 73.1. The number of nitrogens with one attached hydrogen (secondary N) is 3. The van der Waals surface area contributed by atoms with Crippen molar-refractivity contribution in [1.29, 1.82) is 0 Å². The maximum atomic E-state index is 14.5. The maximum absolute atomic E-state index is 14.5. The number of aliphatic hydroxyl groups excluding tert-OH is 2. The molecule has 0 spiro atoms. The Hall–Kier alpha value is -1.32. The summed E-state index contributed by atoms with van der Waals surface area (Å²) in [6, 6.07) is 5.74. The van der Waals surface area contributed by atoms with Crippen molar-refractivity contribution < 1.29 is 31.8 Å². The molecular weight excluding hydrogens is 586 g/mol. The molecule has 2 aromatic rings. The molecule has 0 aromatic heterocycles. The SMILES string of the molecule is O=S(=O)(Nc1ccc(F)c(F)c1Nc1ccc(I)cc1F)NC1(CCC(O)CO)CC1Cl. The van der Waals surface area contributed by atoms with Crippen molar-refractivity contribution in [1.82, 2.24) is 4.72 Å². The molecule has 3 rings (SSSR count). The van der Waals surface area contributed by atoms with Crippen LogP contribution in [0.25, 0.3) is 0 Å². The number of rotatable bonds is 10. The van der Waals surface area contributed by atoms with E-state index < -0.39 is 57.0 Å². The highest BCUT2D eigenvalue weighted by atomic mass is 127. The number of hydrogen-bond acceptors (Lipinski definition) is 5. The Bertz CT molecular complexity index is 1110. The molecule has 3 atom stereocenters. The minimum atomic E-state index is -4.33. The zero-order valence-electron chi connectivity index (χ0n) is 16.4. The van der Waals surface area contributed by atoms with Gasteiger partial charge in [0.2, 0.25) is 0 Å². The van der Waals surface area contributed by atoms with Crippen LogP contribution in [0, 0.1) is 21.0 Å². The third-order valence-electron chi connectivity index (χ3n) is 4.98. The lowest BCUT2D eigenvalue weighted by Crippen LogP contribution is -2.43. The van der Waals surface area contributed by atoms with Crippen LogP contribution in [-0.2, 0) is 10.2 Å². The largest absolute Gasteiger partial charge is 0.394 e. The van der Waals surface area contributed by atoms with Crippen LogP contribution in [-0.4, -0.2) is 42.3 Å². The second kappa shape index (κ2) is 9.89.